The third-order valence-corrected chi connectivity index (χ3v) is 4.27. The van der Waals surface area contributed by atoms with Gasteiger partial charge in [0.05, 0.1) is 12.7 Å². The van der Waals surface area contributed by atoms with Gasteiger partial charge in [0, 0.05) is 17.3 Å². The Labute approximate surface area is 166 Å². The first-order valence-electron chi connectivity index (χ1n) is 9.43. The molecule has 0 saturated carbocycles. The first-order chi connectivity index (χ1) is 13.0. The maximum atomic E-state index is 12.9. The van der Waals surface area contributed by atoms with Gasteiger partial charge in [-0.15, -0.1) is 0 Å². The van der Waals surface area contributed by atoms with E-state index in [9.17, 15) is 4.79 Å². The zero-order chi connectivity index (χ0) is 20.5. The molecule has 0 fully saturated rings. The molecule has 6 nitrogen and oxygen atoms in total. The first kappa shape index (κ1) is 20.0. The van der Waals surface area contributed by atoms with E-state index < -0.39 is 17.2 Å². The molecule has 1 aromatic carbocycles. The SMILES string of the molecule is CC(C)(C)OC(=O)N(CC1Oc2ccccc2Oc2cnccc21)C(C)(C)C. The van der Waals surface area contributed by atoms with Gasteiger partial charge in [0.1, 0.15) is 11.7 Å². The number of fused-ring (bicyclic) bond motifs is 2. The molecule has 1 amide bonds. The van der Waals surface area contributed by atoms with Gasteiger partial charge >= 0.3 is 6.09 Å². The Hall–Kier alpha value is -2.76. The minimum Gasteiger partial charge on any atom is -0.480 e. The van der Waals surface area contributed by atoms with Gasteiger partial charge in [-0.2, -0.15) is 0 Å². The average Bonchev–Trinajstić information content (AvgIpc) is 2.73. The monoisotopic (exact) mass is 384 g/mol. The topological polar surface area (TPSA) is 60.9 Å². The molecule has 3 rings (SSSR count). The van der Waals surface area contributed by atoms with Crippen molar-refractivity contribution in [1.29, 1.82) is 0 Å². The van der Waals surface area contributed by atoms with E-state index in [-0.39, 0.29) is 6.09 Å². The number of pyridine rings is 1. The Morgan fingerprint density at radius 1 is 1.07 bits per heavy atom. The molecule has 150 valence electrons. The number of nitrogens with zero attached hydrogens (tertiary/aromatic N) is 2. The lowest BCUT2D eigenvalue weighted by molar-refractivity contribution is -0.00481. The molecule has 0 radical (unpaired) electrons. The van der Waals surface area contributed by atoms with Crippen molar-refractivity contribution in [2.75, 3.05) is 6.54 Å². The quantitative estimate of drug-likeness (QED) is 0.699. The second kappa shape index (κ2) is 7.34. The summed E-state index contributed by atoms with van der Waals surface area (Å²) in [6.45, 7) is 11.8. The van der Waals surface area contributed by atoms with E-state index >= 15 is 0 Å². The second-order valence-corrected chi connectivity index (χ2v) is 8.83. The molecule has 2 aromatic rings. The van der Waals surface area contributed by atoms with Crippen molar-refractivity contribution in [1.82, 2.24) is 9.88 Å². The summed E-state index contributed by atoms with van der Waals surface area (Å²) < 4.78 is 18.0. The molecule has 0 bridgehead atoms. The normalized spacial score (nSPS) is 16.0. The first-order valence-corrected chi connectivity index (χ1v) is 9.43. The lowest BCUT2D eigenvalue weighted by atomic mass is 10.0. The predicted molar refractivity (Wildman–Crippen MR) is 107 cm³/mol. The number of para-hydroxylation sites is 2. The number of aromatic nitrogens is 1. The summed E-state index contributed by atoms with van der Waals surface area (Å²) >= 11 is 0. The Bertz CT molecular complexity index is 852. The Kier molecular flexibility index (Phi) is 5.24. The van der Waals surface area contributed by atoms with Crippen LogP contribution in [-0.4, -0.2) is 33.7 Å². The van der Waals surface area contributed by atoms with Gasteiger partial charge in [-0.3, -0.25) is 9.88 Å². The van der Waals surface area contributed by atoms with Gasteiger partial charge in [-0.1, -0.05) is 12.1 Å². The van der Waals surface area contributed by atoms with Crippen LogP contribution in [0.1, 0.15) is 53.2 Å². The number of hydrogen-bond donors (Lipinski definition) is 0. The van der Waals surface area contributed by atoms with E-state index in [1.165, 1.54) is 0 Å². The lowest BCUT2D eigenvalue weighted by Gasteiger charge is -2.38. The third-order valence-electron chi connectivity index (χ3n) is 4.27. The predicted octanol–water partition coefficient (Wildman–Crippen LogP) is 5.34. The van der Waals surface area contributed by atoms with Crippen LogP contribution >= 0.6 is 0 Å². The summed E-state index contributed by atoms with van der Waals surface area (Å²) in [4.78, 5) is 18.8. The van der Waals surface area contributed by atoms with Crippen LogP contribution in [0.2, 0.25) is 0 Å². The molecule has 1 unspecified atom stereocenters. The molecule has 28 heavy (non-hydrogen) atoms. The van der Waals surface area contributed by atoms with Gasteiger partial charge < -0.3 is 14.2 Å². The standard InChI is InChI=1S/C22H28N2O4/c1-21(2,3)24(20(25)28-22(4,5)6)14-19-15-11-12-23-13-18(15)26-16-9-7-8-10-17(16)27-19/h7-13,19H,14H2,1-6H3. The number of ether oxygens (including phenoxy) is 3. The van der Waals surface area contributed by atoms with Gasteiger partial charge in [0.2, 0.25) is 0 Å². The van der Waals surface area contributed by atoms with Gasteiger partial charge in [0.25, 0.3) is 0 Å². The summed E-state index contributed by atoms with van der Waals surface area (Å²) in [6, 6.07) is 9.35. The average molecular weight is 384 g/mol. The highest BCUT2D eigenvalue weighted by Crippen LogP contribution is 2.42. The maximum Gasteiger partial charge on any atom is 0.410 e. The van der Waals surface area contributed by atoms with Crippen LogP contribution in [0.3, 0.4) is 0 Å². The molecular weight excluding hydrogens is 356 g/mol. The third kappa shape index (κ3) is 4.55. The molecular formula is C22H28N2O4. The lowest BCUT2D eigenvalue weighted by Crippen LogP contribution is -2.50. The molecule has 0 spiro atoms. The van der Waals surface area contributed by atoms with Crippen molar-refractivity contribution in [3.05, 3.63) is 48.3 Å². The van der Waals surface area contributed by atoms with E-state index in [4.69, 9.17) is 14.2 Å². The fourth-order valence-corrected chi connectivity index (χ4v) is 2.95. The fourth-order valence-electron chi connectivity index (χ4n) is 2.95. The Morgan fingerprint density at radius 3 is 2.39 bits per heavy atom. The smallest absolute Gasteiger partial charge is 0.410 e. The molecule has 1 aliphatic rings. The minimum atomic E-state index is -0.581. The van der Waals surface area contributed by atoms with Crippen molar-refractivity contribution in [2.45, 2.75) is 58.8 Å². The summed E-state index contributed by atoms with van der Waals surface area (Å²) in [5, 5.41) is 0. The van der Waals surface area contributed by atoms with Gasteiger partial charge in [-0.25, -0.2) is 4.79 Å². The van der Waals surface area contributed by atoms with Crippen molar-refractivity contribution in [3.8, 4) is 17.2 Å². The van der Waals surface area contributed by atoms with Crippen LogP contribution in [0.4, 0.5) is 4.79 Å². The number of carbonyl (C=O) groups excluding carboxylic acids is 1. The van der Waals surface area contributed by atoms with Crippen molar-refractivity contribution in [3.63, 3.8) is 0 Å². The van der Waals surface area contributed by atoms with Crippen LogP contribution in [0.25, 0.3) is 0 Å². The van der Waals surface area contributed by atoms with Crippen LogP contribution in [-0.2, 0) is 4.74 Å². The van der Waals surface area contributed by atoms with Gasteiger partial charge in [0.15, 0.2) is 17.2 Å². The van der Waals surface area contributed by atoms with E-state index in [1.54, 1.807) is 17.3 Å². The number of benzene rings is 1. The summed E-state index contributed by atoms with van der Waals surface area (Å²) in [5.41, 5.74) is -0.197. The van der Waals surface area contributed by atoms with Crippen LogP contribution in [0.15, 0.2) is 42.7 Å². The molecule has 1 aliphatic heterocycles. The van der Waals surface area contributed by atoms with E-state index in [0.717, 1.165) is 5.56 Å². The molecule has 0 saturated heterocycles. The molecule has 0 N–H and O–H groups in total. The second-order valence-electron chi connectivity index (χ2n) is 8.83. The zero-order valence-corrected chi connectivity index (χ0v) is 17.4. The number of hydrogen-bond acceptors (Lipinski definition) is 5. The highest BCUT2D eigenvalue weighted by molar-refractivity contribution is 5.69. The van der Waals surface area contributed by atoms with E-state index in [0.29, 0.717) is 23.8 Å². The van der Waals surface area contributed by atoms with Gasteiger partial charge in [-0.05, 0) is 59.7 Å². The minimum absolute atomic E-state index is 0.313. The highest BCUT2D eigenvalue weighted by atomic mass is 16.6. The molecule has 1 atom stereocenters. The van der Waals surface area contributed by atoms with Crippen molar-refractivity contribution < 1.29 is 19.0 Å². The van der Waals surface area contributed by atoms with Crippen LogP contribution in [0, 0.1) is 0 Å². The molecule has 2 heterocycles. The van der Waals surface area contributed by atoms with Crippen LogP contribution < -0.4 is 9.47 Å². The Balaban J connectivity index is 1.97. The molecule has 1 aromatic heterocycles. The maximum absolute atomic E-state index is 12.9. The number of rotatable bonds is 2. The summed E-state index contributed by atoms with van der Waals surface area (Å²) in [7, 11) is 0. The number of carbonyl (C=O) groups is 1. The zero-order valence-electron chi connectivity index (χ0n) is 17.4. The fraction of sp³-hybridized carbons (Fsp3) is 0.455. The molecule has 6 heteroatoms. The Morgan fingerprint density at radius 2 is 1.75 bits per heavy atom. The van der Waals surface area contributed by atoms with Crippen LogP contribution in [0.5, 0.6) is 17.2 Å². The summed E-state index contributed by atoms with van der Waals surface area (Å²) in [5.74, 6) is 1.87. The highest BCUT2D eigenvalue weighted by Gasteiger charge is 2.35. The molecule has 0 aliphatic carbocycles. The van der Waals surface area contributed by atoms with E-state index in [1.807, 2.05) is 71.9 Å². The largest absolute Gasteiger partial charge is 0.480 e. The van der Waals surface area contributed by atoms with Crippen molar-refractivity contribution in [2.24, 2.45) is 0 Å². The van der Waals surface area contributed by atoms with Crippen molar-refractivity contribution >= 4 is 6.09 Å². The van der Waals surface area contributed by atoms with E-state index in [2.05, 4.69) is 4.98 Å². The summed E-state index contributed by atoms with van der Waals surface area (Å²) in [6.07, 6.45) is 2.57. The number of amides is 1.